The Kier molecular flexibility index (Phi) is 4.79. The fourth-order valence-electron chi connectivity index (χ4n) is 3.51. The zero-order chi connectivity index (χ0) is 16.2. The van der Waals surface area contributed by atoms with E-state index in [4.69, 9.17) is 0 Å². The van der Waals surface area contributed by atoms with Crippen molar-refractivity contribution in [2.75, 3.05) is 11.4 Å². The van der Waals surface area contributed by atoms with Crippen molar-refractivity contribution in [3.05, 3.63) is 24.5 Å². The fourth-order valence-corrected chi connectivity index (χ4v) is 3.51. The molecule has 2 heterocycles. The maximum atomic E-state index is 12.6. The molecule has 0 aromatic carbocycles. The molecule has 0 unspecified atom stereocenters. The molecule has 6 nitrogen and oxygen atoms in total. The quantitative estimate of drug-likeness (QED) is 0.896. The molecule has 2 N–H and O–H groups in total. The summed E-state index contributed by atoms with van der Waals surface area (Å²) in [4.78, 5) is 30.6. The van der Waals surface area contributed by atoms with Crippen molar-refractivity contribution in [3.8, 4) is 0 Å². The minimum Gasteiger partial charge on any atom is -0.335 e. The molecule has 3 amide bonds. The van der Waals surface area contributed by atoms with Gasteiger partial charge in [0.25, 0.3) is 0 Å². The van der Waals surface area contributed by atoms with Gasteiger partial charge in [0, 0.05) is 18.8 Å². The maximum Gasteiger partial charge on any atom is 0.315 e. The standard InChI is InChI=1S/C17H24N4O2/c1-12-5-2-7-14(12)19-17(23)20-15-8-4-10-21(16(15)22)13-6-3-9-18-11-13/h3,6,9,11-12,14-15H,2,4-5,7-8,10H2,1H3,(H2,19,20,23)/t12-,14-,15+/m1/s1. The van der Waals surface area contributed by atoms with Gasteiger partial charge in [-0.15, -0.1) is 0 Å². The predicted octanol–water partition coefficient (Wildman–Crippen LogP) is 2.06. The molecule has 1 saturated heterocycles. The lowest BCUT2D eigenvalue weighted by atomic mass is 10.0. The number of carbonyl (C=O) groups excluding carboxylic acids is 2. The molecule has 1 aliphatic heterocycles. The third-order valence-electron chi connectivity index (χ3n) is 4.88. The number of rotatable bonds is 3. The molecule has 23 heavy (non-hydrogen) atoms. The van der Waals surface area contributed by atoms with Crippen LogP contribution in [0.15, 0.2) is 24.5 Å². The van der Waals surface area contributed by atoms with Gasteiger partial charge in [0.05, 0.1) is 11.9 Å². The number of amides is 3. The van der Waals surface area contributed by atoms with E-state index in [1.165, 1.54) is 0 Å². The number of hydrogen-bond donors (Lipinski definition) is 2. The van der Waals surface area contributed by atoms with Crippen LogP contribution in [0.25, 0.3) is 0 Å². The summed E-state index contributed by atoms with van der Waals surface area (Å²) in [6.07, 6.45) is 8.25. The van der Waals surface area contributed by atoms with Crippen molar-refractivity contribution in [3.63, 3.8) is 0 Å². The predicted molar refractivity (Wildman–Crippen MR) is 88.1 cm³/mol. The van der Waals surface area contributed by atoms with Crippen molar-refractivity contribution in [1.29, 1.82) is 0 Å². The van der Waals surface area contributed by atoms with Crippen LogP contribution >= 0.6 is 0 Å². The van der Waals surface area contributed by atoms with E-state index in [0.29, 0.717) is 18.9 Å². The molecule has 0 radical (unpaired) electrons. The minimum atomic E-state index is -0.458. The van der Waals surface area contributed by atoms with E-state index in [1.54, 1.807) is 17.3 Å². The number of aromatic nitrogens is 1. The lowest BCUT2D eigenvalue weighted by molar-refractivity contribution is -0.121. The van der Waals surface area contributed by atoms with Crippen LogP contribution in [-0.4, -0.2) is 35.6 Å². The Balaban J connectivity index is 1.59. The van der Waals surface area contributed by atoms with Gasteiger partial charge >= 0.3 is 6.03 Å². The van der Waals surface area contributed by atoms with Gasteiger partial charge in [0.15, 0.2) is 0 Å². The van der Waals surface area contributed by atoms with E-state index in [-0.39, 0.29) is 18.0 Å². The zero-order valence-corrected chi connectivity index (χ0v) is 13.5. The first-order chi connectivity index (χ1) is 11.1. The number of carbonyl (C=O) groups is 2. The normalized spacial score (nSPS) is 27.8. The first-order valence-corrected chi connectivity index (χ1v) is 8.43. The summed E-state index contributed by atoms with van der Waals surface area (Å²) in [5, 5.41) is 5.87. The van der Waals surface area contributed by atoms with Gasteiger partial charge in [-0.2, -0.15) is 0 Å². The first kappa shape index (κ1) is 15.8. The SMILES string of the molecule is C[C@@H]1CCC[C@H]1NC(=O)N[C@H]1CCCN(c2cccnc2)C1=O. The van der Waals surface area contributed by atoms with Crippen molar-refractivity contribution in [1.82, 2.24) is 15.6 Å². The van der Waals surface area contributed by atoms with Crippen LogP contribution in [0.3, 0.4) is 0 Å². The second kappa shape index (κ2) is 6.98. The highest BCUT2D eigenvalue weighted by molar-refractivity contribution is 5.99. The highest BCUT2D eigenvalue weighted by Crippen LogP contribution is 2.25. The molecular weight excluding hydrogens is 292 g/mol. The molecular formula is C17H24N4O2. The van der Waals surface area contributed by atoms with Crippen LogP contribution in [0.4, 0.5) is 10.5 Å². The van der Waals surface area contributed by atoms with Crippen LogP contribution in [0.2, 0.25) is 0 Å². The molecule has 0 spiro atoms. The smallest absolute Gasteiger partial charge is 0.315 e. The van der Waals surface area contributed by atoms with Crippen LogP contribution in [0, 0.1) is 5.92 Å². The lowest BCUT2D eigenvalue weighted by Gasteiger charge is -2.32. The van der Waals surface area contributed by atoms with Crippen LogP contribution in [0.1, 0.15) is 39.0 Å². The largest absolute Gasteiger partial charge is 0.335 e. The van der Waals surface area contributed by atoms with E-state index in [1.807, 2.05) is 12.1 Å². The van der Waals surface area contributed by atoms with E-state index in [0.717, 1.165) is 31.4 Å². The number of hydrogen-bond acceptors (Lipinski definition) is 3. The fraction of sp³-hybridized carbons (Fsp3) is 0.588. The molecule has 1 aliphatic carbocycles. The third-order valence-corrected chi connectivity index (χ3v) is 4.88. The molecule has 2 aliphatic rings. The highest BCUT2D eigenvalue weighted by Gasteiger charge is 2.32. The Hall–Kier alpha value is -2.11. The first-order valence-electron chi connectivity index (χ1n) is 8.43. The zero-order valence-electron chi connectivity index (χ0n) is 13.5. The molecule has 124 valence electrons. The van der Waals surface area contributed by atoms with E-state index >= 15 is 0 Å². The van der Waals surface area contributed by atoms with Crippen molar-refractivity contribution >= 4 is 17.6 Å². The Morgan fingerprint density at radius 1 is 1.26 bits per heavy atom. The molecule has 2 fully saturated rings. The van der Waals surface area contributed by atoms with Gasteiger partial charge in [-0.25, -0.2) is 4.79 Å². The van der Waals surface area contributed by atoms with Crippen molar-refractivity contribution in [2.24, 2.45) is 5.92 Å². The number of nitrogens with zero attached hydrogens (tertiary/aromatic N) is 2. The summed E-state index contributed by atoms with van der Waals surface area (Å²) in [6, 6.07) is 3.22. The Morgan fingerprint density at radius 2 is 2.13 bits per heavy atom. The average molecular weight is 316 g/mol. The monoisotopic (exact) mass is 316 g/mol. The second-order valence-electron chi connectivity index (χ2n) is 6.53. The van der Waals surface area contributed by atoms with E-state index < -0.39 is 6.04 Å². The Bertz CT molecular complexity index is 563. The third kappa shape index (κ3) is 3.63. The summed E-state index contributed by atoms with van der Waals surface area (Å²) in [5.74, 6) is 0.452. The molecule has 1 aromatic rings. The number of anilines is 1. The van der Waals surface area contributed by atoms with E-state index in [2.05, 4.69) is 22.5 Å². The lowest BCUT2D eigenvalue weighted by Crippen LogP contribution is -2.55. The Morgan fingerprint density at radius 3 is 2.83 bits per heavy atom. The summed E-state index contributed by atoms with van der Waals surface area (Å²) >= 11 is 0. The molecule has 0 bridgehead atoms. The number of piperidine rings is 1. The minimum absolute atomic E-state index is 0.0566. The topological polar surface area (TPSA) is 74.3 Å². The molecule has 3 atom stereocenters. The summed E-state index contributed by atoms with van der Waals surface area (Å²) in [7, 11) is 0. The van der Waals surface area contributed by atoms with Gasteiger partial charge < -0.3 is 15.5 Å². The van der Waals surface area contributed by atoms with Gasteiger partial charge in [-0.3, -0.25) is 9.78 Å². The van der Waals surface area contributed by atoms with E-state index in [9.17, 15) is 9.59 Å². The number of nitrogens with one attached hydrogen (secondary N) is 2. The Labute approximate surface area is 136 Å². The molecule has 3 rings (SSSR count). The summed E-state index contributed by atoms with van der Waals surface area (Å²) in [5.41, 5.74) is 0.786. The molecule has 1 aromatic heterocycles. The maximum absolute atomic E-state index is 12.6. The average Bonchev–Trinajstić information content (AvgIpc) is 2.95. The number of pyridine rings is 1. The summed E-state index contributed by atoms with van der Waals surface area (Å²) < 4.78 is 0. The molecule has 1 saturated carbocycles. The van der Waals surface area contributed by atoms with Crippen LogP contribution in [-0.2, 0) is 4.79 Å². The van der Waals surface area contributed by atoms with Crippen molar-refractivity contribution in [2.45, 2.75) is 51.1 Å². The second-order valence-corrected chi connectivity index (χ2v) is 6.53. The van der Waals surface area contributed by atoms with Crippen LogP contribution in [0.5, 0.6) is 0 Å². The van der Waals surface area contributed by atoms with Gasteiger partial charge in [-0.1, -0.05) is 13.3 Å². The van der Waals surface area contributed by atoms with Gasteiger partial charge in [-0.05, 0) is 43.7 Å². The van der Waals surface area contributed by atoms with Gasteiger partial charge in [0.2, 0.25) is 5.91 Å². The summed E-state index contributed by atoms with van der Waals surface area (Å²) in [6.45, 7) is 2.83. The molecule has 6 heteroatoms. The van der Waals surface area contributed by atoms with Crippen molar-refractivity contribution < 1.29 is 9.59 Å². The highest BCUT2D eigenvalue weighted by atomic mass is 16.2. The van der Waals surface area contributed by atoms with Crippen LogP contribution < -0.4 is 15.5 Å². The number of urea groups is 1. The van der Waals surface area contributed by atoms with Gasteiger partial charge in [0.1, 0.15) is 6.04 Å².